The second-order valence-electron chi connectivity index (χ2n) is 3.97. The largest absolute Gasteiger partial charge is 0.370 e. The zero-order valence-electron chi connectivity index (χ0n) is 11.6. The highest BCUT2D eigenvalue weighted by Gasteiger charge is 1.95. The summed E-state index contributed by atoms with van der Waals surface area (Å²) in [7, 11) is 0. The summed E-state index contributed by atoms with van der Waals surface area (Å²) >= 11 is 0. The molecule has 1 aliphatic carbocycles. The topological polar surface area (TPSA) is 229 Å². The minimum Gasteiger partial charge on any atom is -0.370 e. The van der Waals surface area contributed by atoms with Gasteiger partial charge in [0.2, 0.25) is 11.9 Å². The number of guanidine groups is 4. The number of nitrogens with one attached hydrogen (secondary N) is 2. The lowest BCUT2D eigenvalue weighted by Gasteiger charge is -2.05. The normalized spacial score (nSPS) is 12.4. The van der Waals surface area contributed by atoms with Crippen molar-refractivity contribution in [3.05, 3.63) is 0 Å². The van der Waals surface area contributed by atoms with E-state index in [0.29, 0.717) is 0 Å². The maximum Gasteiger partial charge on any atom is 0.215 e. The van der Waals surface area contributed by atoms with E-state index in [1.807, 2.05) is 0 Å². The third kappa shape index (κ3) is 24.6. The molecule has 0 heterocycles. The molecule has 0 aromatic rings. The van der Waals surface area contributed by atoms with Gasteiger partial charge in [0, 0.05) is 0 Å². The van der Waals surface area contributed by atoms with E-state index in [9.17, 15) is 0 Å². The summed E-state index contributed by atoms with van der Waals surface area (Å²) in [5.74, 6) is -1.12. The second kappa shape index (κ2) is 12.9. The molecule has 0 spiro atoms. The highest BCUT2D eigenvalue weighted by molar-refractivity contribution is 5.91. The minimum atomic E-state index is -0.375. The Morgan fingerprint density at radius 2 is 0.750 bits per heavy atom. The lowest BCUT2D eigenvalue weighted by Crippen LogP contribution is -2.25. The molecule has 0 radical (unpaired) electrons. The smallest absolute Gasteiger partial charge is 0.215 e. The van der Waals surface area contributed by atoms with Crippen LogP contribution in [0, 0.1) is 10.8 Å². The van der Waals surface area contributed by atoms with E-state index in [-0.39, 0.29) is 23.8 Å². The zero-order chi connectivity index (χ0) is 16.0. The molecule has 0 saturated heterocycles. The molecule has 1 aliphatic rings. The number of rotatable bonds is 0. The SMILES string of the molecule is C1CCCCC1.N=C(N)N=C(N)N.N=C(N)N=C(N)N. The van der Waals surface area contributed by atoms with Gasteiger partial charge < -0.3 is 34.4 Å². The van der Waals surface area contributed by atoms with Crippen molar-refractivity contribution in [2.75, 3.05) is 0 Å². The fraction of sp³-hybridized carbons (Fsp3) is 0.600. The Labute approximate surface area is 118 Å². The molecule has 0 atom stereocenters. The van der Waals surface area contributed by atoms with Crippen LogP contribution in [-0.4, -0.2) is 23.8 Å². The highest BCUT2D eigenvalue weighted by Crippen LogP contribution is 2.15. The molecule has 14 N–H and O–H groups in total. The molecule has 0 unspecified atom stereocenters. The van der Waals surface area contributed by atoms with Crippen molar-refractivity contribution in [1.29, 1.82) is 10.8 Å². The lowest BCUT2D eigenvalue weighted by atomic mass is 10.0. The van der Waals surface area contributed by atoms with E-state index < -0.39 is 0 Å². The van der Waals surface area contributed by atoms with Crippen LogP contribution in [0.1, 0.15) is 38.5 Å². The van der Waals surface area contributed by atoms with Gasteiger partial charge in [0.1, 0.15) is 0 Å². The molecule has 0 amide bonds. The standard InChI is InChI=1S/C6H12.2C2H7N5/c1-2-4-6-5-3-1;2*3-1(4)7-2(5)6/h1-6H2;2*(H7,3,4,5,6,7). The van der Waals surface area contributed by atoms with Crippen LogP contribution in [0.25, 0.3) is 0 Å². The Balaban J connectivity index is 0. The number of hydrogen-bond acceptors (Lipinski definition) is 2. The Morgan fingerprint density at radius 3 is 0.800 bits per heavy atom. The summed E-state index contributed by atoms with van der Waals surface area (Å²) in [6.45, 7) is 0. The van der Waals surface area contributed by atoms with Crippen LogP contribution >= 0.6 is 0 Å². The van der Waals surface area contributed by atoms with Crippen molar-refractivity contribution in [1.82, 2.24) is 0 Å². The molecular weight excluding hydrogens is 260 g/mol. The van der Waals surface area contributed by atoms with Crippen LogP contribution < -0.4 is 34.4 Å². The molecule has 0 bridgehead atoms. The van der Waals surface area contributed by atoms with Crippen LogP contribution in [-0.2, 0) is 0 Å². The van der Waals surface area contributed by atoms with Crippen molar-refractivity contribution < 1.29 is 0 Å². The monoisotopic (exact) mass is 286 g/mol. The fourth-order valence-electron chi connectivity index (χ4n) is 1.34. The van der Waals surface area contributed by atoms with Crippen molar-refractivity contribution in [3.63, 3.8) is 0 Å². The van der Waals surface area contributed by atoms with E-state index in [1.165, 1.54) is 38.5 Å². The van der Waals surface area contributed by atoms with E-state index in [0.717, 1.165) is 0 Å². The van der Waals surface area contributed by atoms with Crippen molar-refractivity contribution in [2.24, 2.45) is 44.4 Å². The van der Waals surface area contributed by atoms with Gasteiger partial charge in [-0.3, -0.25) is 10.8 Å². The average Bonchev–Trinajstić information content (AvgIpc) is 2.29. The summed E-state index contributed by atoms with van der Waals surface area (Å²) in [6.07, 6.45) is 9.00. The third-order valence-electron chi connectivity index (χ3n) is 2.00. The van der Waals surface area contributed by atoms with Gasteiger partial charge in [-0.15, -0.1) is 0 Å². The molecule has 1 fully saturated rings. The fourth-order valence-corrected chi connectivity index (χ4v) is 1.34. The van der Waals surface area contributed by atoms with Crippen LogP contribution in [0.15, 0.2) is 9.98 Å². The number of hydrogen-bond donors (Lipinski definition) is 8. The molecular formula is C10H26N10. The summed E-state index contributed by atoms with van der Waals surface area (Å²) in [5, 5.41) is 12.9. The Morgan fingerprint density at radius 1 is 0.550 bits per heavy atom. The molecule has 10 heteroatoms. The van der Waals surface area contributed by atoms with Gasteiger partial charge >= 0.3 is 0 Å². The van der Waals surface area contributed by atoms with Gasteiger partial charge in [-0.25, -0.2) is 0 Å². The van der Waals surface area contributed by atoms with Crippen molar-refractivity contribution >= 4 is 23.8 Å². The number of nitrogens with two attached hydrogens (primary N) is 6. The van der Waals surface area contributed by atoms with E-state index in [2.05, 4.69) is 9.98 Å². The summed E-state index contributed by atoms with van der Waals surface area (Å²) in [4.78, 5) is 6.22. The van der Waals surface area contributed by atoms with Crippen LogP contribution in [0.2, 0.25) is 0 Å². The van der Waals surface area contributed by atoms with Gasteiger partial charge in [0.15, 0.2) is 11.9 Å². The van der Waals surface area contributed by atoms with E-state index in [4.69, 9.17) is 45.2 Å². The Kier molecular flexibility index (Phi) is 12.8. The highest BCUT2D eigenvalue weighted by atomic mass is 15.1. The summed E-state index contributed by atoms with van der Waals surface area (Å²) < 4.78 is 0. The van der Waals surface area contributed by atoms with Crippen molar-refractivity contribution in [3.8, 4) is 0 Å². The molecule has 20 heavy (non-hydrogen) atoms. The van der Waals surface area contributed by atoms with Crippen LogP contribution in [0.3, 0.4) is 0 Å². The van der Waals surface area contributed by atoms with Gasteiger partial charge in [-0.2, -0.15) is 9.98 Å². The molecule has 1 rings (SSSR count). The first kappa shape index (κ1) is 19.8. The average molecular weight is 286 g/mol. The maximum absolute atomic E-state index is 6.46. The molecule has 0 aromatic heterocycles. The first-order valence-electron chi connectivity index (χ1n) is 6.13. The quantitative estimate of drug-likeness (QED) is 0.198. The zero-order valence-corrected chi connectivity index (χ0v) is 11.6. The Hall–Kier alpha value is -2.52. The van der Waals surface area contributed by atoms with E-state index in [1.54, 1.807) is 0 Å². The van der Waals surface area contributed by atoms with Gasteiger partial charge in [-0.05, 0) is 0 Å². The molecule has 1 saturated carbocycles. The third-order valence-corrected chi connectivity index (χ3v) is 2.00. The summed E-state index contributed by atoms with van der Waals surface area (Å²) in [5.41, 5.74) is 28.7. The van der Waals surface area contributed by atoms with Crippen molar-refractivity contribution in [2.45, 2.75) is 38.5 Å². The second-order valence-corrected chi connectivity index (χ2v) is 3.97. The number of aliphatic imine (C=N–C) groups is 2. The Bertz CT molecular complexity index is 294. The number of nitrogens with zero attached hydrogens (tertiary/aromatic N) is 2. The van der Waals surface area contributed by atoms with Gasteiger partial charge in [0.25, 0.3) is 0 Å². The molecule has 0 aromatic carbocycles. The predicted octanol–water partition coefficient (Wildman–Crippen LogP) is -1.35. The predicted molar refractivity (Wildman–Crippen MR) is 83.1 cm³/mol. The van der Waals surface area contributed by atoms with Crippen LogP contribution in [0.5, 0.6) is 0 Å². The summed E-state index contributed by atoms with van der Waals surface area (Å²) in [6, 6.07) is 0. The molecule has 116 valence electrons. The molecule has 10 nitrogen and oxygen atoms in total. The van der Waals surface area contributed by atoms with Gasteiger partial charge in [0.05, 0.1) is 0 Å². The molecule has 0 aliphatic heterocycles. The first-order valence-corrected chi connectivity index (χ1v) is 6.13. The maximum atomic E-state index is 6.46. The lowest BCUT2D eigenvalue weighted by molar-refractivity contribution is 0.504. The van der Waals surface area contributed by atoms with E-state index >= 15 is 0 Å². The van der Waals surface area contributed by atoms with Crippen LogP contribution in [0.4, 0.5) is 0 Å². The van der Waals surface area contributed by atoms with Gasteiger partial charge in [-0.1, -0.05) is 38.5 Å². The minimum absolute atomic E-state index is 0.187. The first-order chi connectivity index (χ1) is 9.25.